The SMILES string of the molecule is CCCCCC(C)(O)CC=CC1CCC(=O)C1CCS(=O)(=O)c1nc(C(=O)O)cs1. The number of carboxylic acid groups (broad SMARTS) is 1. The molecule has 168 valence electrons. The van der Waals surface area contributed by atoms with E-state index in [9.17, 15) is 23.1 Å². The molecular weight excluding hydrogens is 426 g/mol. The Morgan fingerprint density at radius 3 is 2.77 bits per heavy atom. The van der Waals surface area contributed by atoms with Gasteiger partial charge >= 0.3 is 5.97 Å². The summed E-state index contributed by atoms with van der Waals surface area (Å²) < 4.78 is 24.8. The number of carboxylic acids is 1. The average Bonchev–Trinajstić information content (AvgIpc) is 3.28. The lowest BCUT2D eigenvalue weighted by atomic mass is 9.90. The number of rotatable bonds is 12. The molecular formula is C21H31NO6S2. The number of allylic oxidation sites excluding steroid dienone is 1. The summed E-state index contributed by atoms with van der Waals surface area (Å²) in [6, 6.07) is 0. The molecule has 1 aliphatic rings. The Labute approximate surface area is 182 Å². The number of thiazole rings is 1. The zero-order valence-corrected chi connectivity index (χ0v) is 19.2. The largest absolute Gasteiger partial charge is 0.476 e. The topological polar surface area (TPSA) is 122 Å². The van der Waals surface area contributed by atoms with Crippen LogP contribution < -0.4 is 0 Å². The lowest BCUT2D eigenvalue weighted by Crippen LogP contribution is -2.23. The highest BCUT2D eigenvalue weighted by Gasteiger charge is 2.34. The summed E-state index contributed by atoms with van der Waals surface area (Å²) in [5.74, 6) is -1.87. The Hall–Kier alpha value is -1.58. The van der Waals surface area contributed by atoms with E-state index < -0.39 is 21.4 Å². The van der Waals surface area contributed by atoms with Gasteiger partial charge in [-0.25, -0.2) is 18.2 Å². The Bertz CT molecular complexity index is 872. The molecule has 0 saturated heterocycles. The zero-order valence-electron chi connectivity index (χ0n) is 17.5. The van der Waals surface area contributed by atoms with Gasteiger partial charge < -0.3 is 10.2 Å². The molecule has 1 heterocycles. The minimum absolute atomic E-state index is 0.0370. The summed E-state index contributed by atoms with van der Waals surface area (Å²) in [5, 5.41) is 20.6. The van der Waals surface area contributed by atoms with Crippen LogP contribution in [0.3, 0.4) is 0 Å². The fraction of sp³-hybridized carbons (Fsp3) is 0.667. The van der Waals surface area contributed by atoms with Gasteiger partial charge in [-0.15, -0.1) is 11.3 Å². The molecule has 2 rings (SSSR count). The van der Waals surface area contributed by atoms with Gasteiger partial charge in [-0.2, -0.15) is 0 Å². The molecule has 7 nitrogen and oxygen atoms in total. The Balaban J connectivity index is 1.95. The third-order valence-electron chi connectivity index (χ3n) is 5.58. The first-order chi connectivity index (χ1) is 14.1. The lowest BCUT2D eigenvalue weighted by molar-refractivity contribution is -0.121. The summed E-state index contributed by atoms with van der Waals surface area (Å²) in [4.78, 5) is 26.9. The molecule has 1 fully saturated rings. The molecule has 0 radical (unpaired) electrons. The van der Waals surface area contributed by atoms with Gasteiger partial charge in [0.2, 0.25) is 14.2 Å². The number of Topliss-reactive ketones (excluding diaryl/α,β-unsaturated/α-hetero) is 1. The van der Waals surface area contributed by atoms with Gasteiger partial charge in [0.15, 0.2) is 5.69 Å². The van der Waals surface area contributed by atoms with Crippen LogP contribution in [0.15, 0.2) is 21.9 Å². The number of sulfone groups is 1. The third kappa shape index (κ3) is 6.99. The first-order valence-electron chi connectivity index (χ1n) is 10.4. The molecule has 0 amide bonds. The van der Waals surface area contributed by atoms with Crippen LogP contribution in [0, 0.1) is 11.8 Å². The van der Waals surface area contributed by atoms with E-state index in [4.69, 9.17) is 5.11 Å². The van der Waals surface area contributed by atoms with Crippen LogP contribution in [-0.4, -0.2) is 46.7 Å². The minimum Gasteiger partial charge on any atom is -0.476 e. The highest BCUT2D eigenvalue weighted by atomic mass is 32.2. The van der Waals surface area contributed by atoms with Crippen LogP contribution in [0.1, 0.15) is 75.7 Å². The van der Waals surface area contributed by atoms with Crippen LogP contribution in [0.4, 0.5) is 0 Å². The molecule has 1 saturated carbocycles. The number of carbonyl (C=O) groups excluding carboxylic acids is 1. The van der Waals surface area contributed by atoms with Crippen molar-refractivity contribution >= 4 is 32.9 Å². The number of aromatic carboxylic acids is 1. The molecule has 2 N–H and O–H groups in total. The van der Waals surface area contributed by atoms with Gasteiger partial charge in [-0.3, -0.25) is 4.79 Å². The number of hydrogen-bond donors (Lipinski definition) is 2. The van der Waals surface area contributed by atoms with E-state index in [1.54, 1.807) is 0 Å². The number of carbonyl (C=O) groups is 2. The summed E-state index contributed by atoms with van der Waals surface area (Å²) in [6.45, 7) is 3.93. The summed E-state index contributed by atoms with van der Waals surface area (Å²) >= 11 is 0.787. The molecule has 1 aliphatic carbocycles. The molecule has 1 aromatic rings. The van der Waals surface area contributed by atoms with Crippen LogP contribution in [-0.2, 0) is 14.6 Å². The highest BCUT2D eigenvalue weighted by molar-refractivity contribution is 7.93. The molecule has 30 heavy (non-hydrogen) atoms. The predicted octanol–water partition coefficient (Wildman–Crippen LogP) is 3.88. The summed E-state index contributed by atoms with van der Waals surface area (Å²) in [6.07, 6.45) is 9.53. The quantitative estimate of drug-likeness (QED) is 0.361. The number of unbranched alkanes of at least 4 members (excludes halogenated alkanes) is 2. The first kappa shape index (κ1) is 24.7. The molecule has 0 aromatic carbocycles. The van der Waals surface area contributed by atoms with Crippen molar-refractivity contribution in [2.45, 2.75) is 75.2 Å². The van der Waals surface area contributed by atoms with Crippen molar-refractivity contribution in [1.29, 1.82) is 0 Å². The summed E-state index contributed by atoms with van der Waals surface area (Å²) in [7, 11) is -3.74. The normalized spacial score (nSPS) is 21.9. The molecule has 3 atom stereocenters. The average molecular weight is 458 g/mol. The maximum absolute atomic E-state index is 12.5. The van der Waals surface area contributed by atoms with E-state index in [2.05, 4.69) is 11.9 Å². The van der Waals surface area contributed by atoms with Gasteiger partial charge in [0.1, 0.15) is 5.78 Å². The van der Waals surface area contributed by atoms with Crippen LogP contribution >= 0.6 is 11.3 Å². The summed E-state index contributed by atoms with van der Waals surface area (Å²) in [5.41, 5.74) is -1.07. The van der Waals surface area contributed by atoms with Crippen LogP contribution in [0.5, 0.6) is 0 Å². The van der Waals surface area contributed by atoms with Crippen molar-refractivity contribution in [2.24, 2.45) is 11.8 Å². The van der Waals surface area contributed by atoms with Gasteiger partial charge in [-0.05, 0) is 38.5 Å². The van der Waals surface area contributed by atoms with Crippen molar-refractivity contribution < 1.29 is 28.2 Å². The zero-order chi connectivity index (χ0) is 22.4. The number of aliphatic hydroxyl groups is 1. The van der Waals surface area contributed by atoms with E-state index in [0.717, 1.165) is 37.0 Å². The van der Waals surface area contributed by atoms with Gasteiger partial charge in [0.25, 0.3) is 0 Å². The molecule has 3 unspecified atom stereocenters. The maximum atomic E-state index is 12.5. The van der Waals surface area contributed by atoms with Crippen LogP contribution in [0.25, 0.3) is 0 Å². The van der Waals surface area contributed by atoms with Gasteiger partial charge in [0.05, 0.1) is 11.4 Å². The van der Waals surface area contributed by atoms with E-state index >= 15 is 0 Å². The van der Waals surface area contributed by atoms with Crippen molar-refractivity contribution in [3.8, 4) is 0 Å². The molecule has 9 heteroatoms. The minimum atomic E-state index is -3.74. The predicted molar refractivity (Wildman–Crippen MR) is 115 cm³/mol. The third-order valence-corrected chi connectivity index (χ3v) is 8.66. The second kappa shape index (κ2) is 10.6. The number of hydrogen-bond acceptors (Lipinski definition) is 7. The fourth-order valence-electron chi connectivity index (χ4n) is 3.76. The number of aromatic nitrogens is 1. The Morgan fingerprint density at radius 1 is 1.40 bits per heavy atom. The number of nitrogens with zero attached hydrogens (tertiary/aromatic N) is 1. The van der Waals surface area contributed by atoms with Gasteiger partial charge in [-0.1, -0.05) is 38.3 Å². The van der Waals surface area contributed by atoms with Crippen LogP contribution in [0.2, 0.25) is 0 Å². The first-order valence-corrected chi connectivity index (χ1v) is 12.9. The second-order valence-electron chi connectivity index (χ2n) is 8.27. The van der Waals surface area contributed by atoms with E-state index in [-0.39, 0.29) is 39.8 Å². The lowest BCUT2D eigenvalue weighted by Gasteiger charge is -2.22. The van der Waals surface area contributed by atoms with Crippen molar-refractivity contribution in [3.05, 3.63) is 23.2 Å². The van der Waals surface area contributed by atoms with E-state index in [0.29, 0.717) is 19.3 Å². The molecule has 0 bridgehead atoms. The fourth-order valence-corrected chi connectivity index (χ4v) is 6.24. The van der Waals surface area contributed by atoms with Crippen molar-refractivity contribution in [1.82, 2.24) is 4.98 Å². The van der Waals surface area contributed by atoms with Gasteiger partial charge in [0, 0.05) is 17.7 Å². The maximum Gasteiger partial charge on any atom is 0.355 e. The van der Waals surface area contributed by atoms with E-state index in [1.807, 2.05) is 19.1 Å². The number of ketones is 1. The monoisotopic (exact) mass is 457 g/mol. The smallest absolute Gasteiger partial charge is 0.355 e. The molecule has 0 aliphatic heterocycles. The van der Waals surface area contributed by atoms with Crippen molar-refractivity contribution in [2.75, 3.05) is 5.75 Å². The second-order valence-corrected chi connectivity index (χ2v) is 11.4. The Kier molecular flexibility index (Phi) is 8.75. The van der Waals surface area contributed by atoms with E-state index in [1.165, 1.54) is 5.38 Å². The molecule has 0 spiro atoms. The molecule has 1 aromatic heterocycles. The van der Waals surface area contributed by atoms with Crippen molar-refractivity contribution in [3.63, 3.8) is 0 Å². The highest BCUT2D eigenvalue weighted by Crippen LogP contribution is 2.34. The standard InChI is InChI=1S/C21H31NO6S2/c1-3-4-5-11-21(2,26)12-6-7-15-8-9-18(23)16(15)10-13-30(27,28)20-22-17(14-29-20)19(24)25/h6-7,14-16,26H,3-5,8-13H2,1-2H3,(H,24,25). The Morgan fingerprint density at radius 2 is 2.13 bits per heavy atom.